The number of aliphatic hydroxyl groups is 1. The summed E-state index contributed by atoms with van der Waals surface area (Å²) in [7, 11) is 0. The van der Waals surface area contributed by atoms with Crippen molar-refractivity contribution in [3.63, 3.8) is 0 Å². The van der Waals surface area contributed by atoms with E-state index in [-0.39, 0.29) is 23.2 Å². The van der Waals surface area contributed by atoms with Gasteiger partial charge in [-0.3, -0.25) is 14.2 Å². The number of nitrogens with one attached hydrogen (secondary N) is 1. The normalized spacial score (nSPS) is 12.7. The molecule has 0 spiro atoms. The highest BCUT2D eigenvalue weighted by molar-refractivity contribution is 7.09. The Kier molecular flexibility index (Phi) is 5.75. The first-order valence-electron chi connectivity index (χ1n) is 6.44. The predicted octanol–water partition coefficient (Wildman–Crippen LogP) is 1.05. The first-order valence-corrected chi connectivity index (χ1v) is 7.26. The van der Waals surface area contributed by atoms with E-state index >= 15 is 0 Å². The smallest absolute Gasteiger partial charge is 0.308 e. The first kappa shape index (κ1) is 15.9. The Morgan fingerprint density at radius 1 is 1.42 bits per heavy atom. The molecule has 6 heteroatoms. The van der Waals surface area contributed by atoms with Gasteiger partial charge in [0.2, 0.25) is 5.91 Å². The molecule has 0 fully saturated rings. The number of carbonyl (C=O) groups is 1. The minimum absolute atomic E-state index is 0.0484. The molecule has 19 heavy (non-hydrogen) atoms. The third kappa shape index (κ3) is 4.47. The highest BCUT2D eigenvalue weighted by Crippen LogP contribution is 2.09. The fourth-order valence-electron chi connectivity index (χ4n) is 1.66. The maximum atomic E-state index is 11.7. The number of hydrogen-bond donors (Lipinski definition) is 2. The van der Waals surface area contributed by atoms with Crippen LogP contribution in [0.5, 0.6) is 0 Å². The van der Waals surface area contributed by atoms with Gasteiger partial charge in [-0.1, -0.05) is 25.2 Å². The Labute approximate surface area is 117 Å². The van der Waals surface area contributed by atoms with Crippen molar-refractivity contribution < 1.29 is 9.90 Å². The van der Waals surface area contributed by atoms with Crippen LogP contribution in [0.2, 0.25) is 0 Å². The van der Waals surface area contributed by atoms with Gasteiger partial charge >= 0.3 is 4.87 Å². The Hall–Kier alpha value is -1.14. The Morgan fingerprint density at radius 2 is 2.05 bits per heavy atom. The summed E-state index contributed by atoms with van der Waals surface area (Å²) < 4.78 is 1.48. The van der Waals surface area contributed by atoms with Crippen molar-refractivity contribution in [2.24, 2.45) is 5.92 Å². The highest BCUT2D eigenvalue weighted by Gasteiger charge is 2.12. The standard InChI is InChI=1S/C13H22N2O3S/c1-8(2)11(16)5-6-14-12(17)7-15-9(3)10(4)19-13(15)18/h8,11,16H,5-7H2,1-4H3,(H,14,17). The van der Waals surface area contributed by atoms with Crippen LogP contribution in [0.3, 0.4) is 0 Å². The molecule has 0 saturated carbocycles. The summed E-state index contributed by atoms with van der Waals surface area (Å²) in [5.74, 6) is -0.0137. The van der Waals surface area contributed by atoms with Crippen LogP contribution >= 0.6 is 11.3 Å². The molecule has 1 aromatic heterocycles. The Balaban J connectivity index is 2.46. The van der Waals surface area contributed by atoms with Gasteiger partial charge in [0.25, 0.3) is 0 Å². The number of aryl methyl sites for hydroxylation is 1. The van der Waals surface area contributed by atoms with E-state index in [1.165, 1.54) is 4.57 Å². The van der Waals surface area contributed by atoms with Gasteiger partial charge in [0.15, 0.2) is 0 Å². The lowest BCUT2D eigenvalue weighted by Gasteiger charge is -2.14. The second-order valence-electron chi connectivity index (χ2n) is 5.05. The van der Waals surface area contributed by atoms with Crippen molar-refractivity contribution in [2.45, 2.75) is 46.8 Å². The van der Waals surface area contributed by atoms with Crippen LogP contribution in [-0.4, -0.2) is 28.2 Å². The second-order valence-corrected chi connectivity index (χ2v) is 6.21. The van der Waals surface area contributed by atoms with Crippen LogP contribution in [-0.2, 0) is 11.3 Å². The Bertz CT molecular complexity index is 491. The molecule has 0 saturated heterocycles. The first-order chi connectivity index (χ1) is 8.82. The van der Waals surface area contributed by atoms with Crippen LogP contribution in [0.1, 0.15) is 30.8 Å². The molecule has 0 aliphatic carbocycles. The van der Waals surface area contributed by atoms with E-state index in [0.717, 1.165) is 21.9 Å². The molecule has 0 aliphatic rings. The largest absolute Gasteiger partial charge is 0.393 e. The van der Waals surface area contributed by atoms with E-state index in [9.17, 15) is 14.7 Å². The van der Waals surface area contributed by atoms with Crippen molar-refractivity contribution in [3.8, 4) is 0 Å². The van der Waals surface area contributed by atoms with Gasteiger partial charge < -0.3 is 10.4 Å². The van der Waals surface area contributed by atoms with E-state index in [0.29, 0.717) is 13.0 Å². The van der Waals surface area contributed by atoms with Gasteiger partial charge in [0.1, 0.15) is 6.54 Å². The highest BCUT2D eigenvalue weighted by atomic mass is 32.1. The zero-order valence-electron chi connectivity index (χ0n) is 11.9. The number of thiazole rings is 1. The maximum Gasteiger partial charge on any atom is 0.308 e. The summed E-state index contributed by atoms with van der Waals surface area (Å²) in [6.45, 7) is 8.05. The van der Waals surface area contributed by atoms with E-state index in [4.69, 9.17) is 0 Å². The molecule has 1 rings (SSSR count). The lowest BCUT2D eigenvalue weighted by atomic mass is 10.0. The summed E-state index contributed by atoms with van der Waals surface area (Å²) in [6, 6.07) is 0. The number of nitrogens with zero attached hydrogens (tertiary/aromatic N) is 1. The van der Waals surface area contributed by atoms with Crippen LogP contribution in [0.15, 0.2) is 4.79 Å². The lowest BCUT2D eigenvalue weighted by molar-refractivity contribution is -0.121. The van der Waals surface area contributed by atoms with Crippen molar-refractivity contribution in [2.75, 3.05) is 6.54 Å². The number of aliphatic hydroxyl groups excluding tert-OH is 1. The van der Waals surface area contributed by atoms with E-state index in [1.54, 1.807) is 0 Å². The third-order valence-corrected chi connectivity index (χ3v) is 4.21. The van der Waals surface area contributed by atoms with Crippen molar-refractivity contribution in [3.05, 3.63) is 20.2 Å². The molecule has 0 aliphatic heterocycles. The van der Waals surface area contributed by atoms with E-state index in [1.807, 2.05) is 27.7 Å². The number of aromatic nitrogens is 1. The molecule has 2 N–H and O–H groups in total. The SMILES string of the molecule is Cc1sc(=O)n(CC(=O)NCCC(O)C(C)C)c1C. The summed E-state index contributed by atoms with van der Waals surface area (Å²) in [5, 5.41) is 12.3. The molecule has 1 aromatic rings. The number of rotatable bonds is 6. The van der Waals surface area contributed by atoms with Gasteiger partial charge in [0.05, 0.1) is 6.10 Å². The van der Waals surface area contributed by atoms with Crippen LogP contribution < -0.4 is 10.2 Å². The minimum atomic E-state index is -0.409. The molecule has 1 amide bonds. The topological polar surface area (TPSA) is 71.3 Å². The third-order valence-electron chi connectivity index (χ3n) is 3.21. The molecule has 0 aromatic carbocycles. The van der Waals surface area contributed by atoms with Crippen molar-refractivity contribution in [1.82, 2.24) is 9.88 Å². The van der Waals surface area contributed by atoms with Crippen LogP contribution in [0.25, 0.3) is 0 Å². The fraction of sp³-hybridized carbons (Fsp3) is 0.692. The molecular weight excluding hydrogens is 264 g/mol. The van der Waals surface area contributed by atoms with Crippen LogP contribution in [0.4, 0.5) is 0 Å². The number of amides is 1. The molecule has 1 heterocycles. The second kappa shape index (κ2) is 6.86. The van der Waals surface area contributed by atoms with Crippen molar-refractivity contribution in [1.29, 1.82) is 0 Å². The summed E-state index contributed by atoms with van der Waals surface area (Å²) in [4.78, 5) is 24.2. The minimum Gasteiger partial charge on any atom is -0.393 e. The van der Waals surface area contributed by atoms with Crippen LogP contribution in [0, 0.1) is 19.8 Å². The molecule has 1 atom stereocenters. The molecule has 0 radical (unpaired) electrons. The van der Waals surface area contributed by atoms with E-state index < -0.39 is 6.10 Å². The monoisotopic (exact) mass is 286 g/mol. The molecule has 0 bridgehead atoms. The summed E-state index contributed by atoms with van der Waals surface area (Å²) in [6.07, 6.45) is 0.119. The van der Waals surface area contributed by atoms with Gasteiger partial charge in [-0.15, -0.1) is 0 Å². The lowest BCUT2D eigenvalue weighted by Crippen LogP contribution is -2.33. The van der Waals surface area contributed by atoms with Gasteiger partial charge in [-0.05, 0) is 26.2 Å². The number of hydrogen-bond acceptors (Lipinski definition) is 4. The zero-order chi connectivity index (χ0) is 14.6. The van der Waals surface area contributed by atoms with E-state index in [2.05, 4.69) is 5.32 Å². The van der Waals surface area contributed by atoms with Crippen molar-refractivity contribution >= 4 is 17.2 Å². The summed E-state index contributed by atoms with van der Waals surface area (Å²) >= 11 is 1.16. The predicted molar refractivity (Wildman–Crippen MR) is 76.5 cm³/mol. The maximum absolute atomic E-state index is 11.7. The zero-order valence-corrected chi connectivity index (χ0v) is 12.7. The van der Waals surface area contributed by atoms with Gasteiger partial charge in [0, 0.05) is 17.1 Å². The average Bonchev–Trinajstić information content (AvgIpc) is 2.55. The summed E-state index contributed by atoms with van der Waals surface area (Å²) in [5.41, 5.74) is 0.840. The van der Waals surface area contributed by atoms with Gasteiger partial charge in [-0.2, -0.15) is 0 Å². The average molecular weight is 286 g/mol. The van der Waals surface area contributed by atoms with Gasteiger partial charge in [-0.25, -0.2) is 0 Å². The molecule has 1 unspecified atom stereocenters. The molecule has 5 nitrogen and oxygen atoms in total. The quantitative estimate of drug-likeness (QED) is 0.821. The number of carbonyl (C=O) groups excluding carboxylic acids is 1. The fourth-order valence-corrected chi connectivity index (χ4v) is 2.49. The molecular formula is C13H22N2O3S. The molecule has 108 valence electrons. The Morgan fingerprint density at radius 3 is 2.53 bits per heavy atom.